The molecule has 0 bridgehead atoms. The fourth-order valence-corrected chi connectivity index (χ4v) is 3.83. The van der Waals surface area contributed by atoms with Crippen LogP contribution in [0.4, 0.5) is 10.6 Å². The van der Waals surface area contributed by atoms with E-state index < -0.39 is 17.7 Å². The summed E-state index contributed by atoms with van der Waals surface area (Å²) < 4.78 is 12.4. The molecule has 4 rings (SSSR count). The average Bonchev–Trinajstić information content (AvgIpc) is 3.19. The van der Waals surface area contributed by atoms with Crippen LogP contribution in [0.5, 0.6) is 5.75 Å². The lowest BCUT2D eigenvalue weighted by Crippen LogP contribution is -2.51. The predicted molar refractivity (Wildman–Crippen MR) is 124 cm³/mol. The molecule has 174 valence electrons. The van der Waals surface area contributed by atoms with Crippen LogP contribution >= 0.6 is 0 Å². The molecule has 1 aliphatic rings. The van der Waals surface area contributed by atoms with E-state index in [0.717, 1.165) is 29.8 Å². The second-order valence-electron chi connectivity index (χ2n) is 9.05. The van der Waals surface area contributed by atoms with Crippen molar-refractivity contribution in [2.45, 2.75) is 51.7 Å². The van der Waals surface area contributed by atoms with Gasteiger partial charge in [0, 0.05) is 12.1 Å². The number of aromatic nitrogens is 3. The van der Waals surface area contributed by atoms with Gasteiger partial charge in [0.15, 0.2) is 11.5 Å². The van der Waals surface area contributed by atoms with Gasteiger partial charge in [-0.25, -0.2) is 14.3 Å². The fourth-order valence-electron chi connectivity index (χ4n) is 3.83. The molecule has 0 aliphatic carbocycles. The Morgan fingerprint density at radius 1 is 1.15 bits per heavy atom. The zero-order valence-electron chi connectivity index (χ0n) is 19.4. The number of ether oxygens (including phenoxy) is 2. The van der Waals surface area contributed by atoms with E-state index in [1.807, 2.05) is 57.2 Å². The predicted octanol–water partition coefficient (Wildman–Crippen LogP) is 4.13. The molecule has 1 N–H and O–H groups in total. The van der Waals surface area contributed by atoms with Gasteiger partial charge >= 0.3 is 6.09 Å². The van der Waals surface area contributed by atoms with Crippen molar-refractivity contribution in [2.24, 2.45) is 0 Å². The minimum atomic E-state index is -0.622. The number of nitrogens with zero attached hydrogens (tertiary/aromatic N) is 4. The number of imidazole rings is 1. The quantitative estimate of drug-likeness (QED) is 0.640. The Balaban J connectivity index is 1.51. The minimum absolute atomic E-state index is 0.281. The highest BCUT2D eigenvalue weighted by Gasteiger charge is 2.35. The van der Waals surface area contributed by atoms with Crippen molar-refractivity contribution in [3.63, 3.8) is 0 Å². The molecule has 1 atom stereocenters. The normalized spacial score (nSPS) is 16.5. The van der Waals surface area contributed by atoms with E-state index in [0.29, 0.717) is 24.4 Å². The summed E-state index contributed by atoms with van der Waals surface area (Å²) in [6.45, 7) is 5.93. The number of hydrogen-bond acceptors (Lipinski definition) is 6. The maximum Gasteiger partial charge on any atom is 0.410 e. The van der Waals surface area contributed by atoms with Crippen molar-refractivity contribution in [3.05, 3.63) is 42.6 Å². The van der Waals surface area contributed by atoms with Crippen molar-refractivity contribution in [1.82, 2.24) is 19.5 Å². The molecule has 9 nitrogen and oxygen atoms in total. The Morgan fingerprint density at radius 2 is 1.97 bits per heavy atom. The van der Waals surface area contributed by atoms with E-state index in [4.69, 9.17) is 9.47 Å². The lowest BCUT2D eigenvalue weighted by Gasteiger charge is -2.35. The third kappa shape index (κ3) is 5.24. The van der Waals surface area contributed by atoms with Crippen LogP contribution in [-0.2, 0) is 9.53 Å². The van der Waals surface area contributed by atoms with E-state index in [1.165, 1.54) is 4.90 Å². The number of benzene rings is 1. The van der Waals surface area contributed by atoms with Crippen LogP contribution in [0.25, 0.3) is 16.9 Å². The molecule has 1 aliphatic heterocycles. The molecule has 3 aromatic rings. The lowest BCUT2D eigenvalue weighted by molar-refractivity contribution is -0.122. The monoisotopic (exact) mass is 451 g/mol. The minimum Gasteiger partial charge on any atom is -0.497 e. The number of hydrogen-bond donors (Lipinski definition) is 1. The van der Waals surface area contributed by atoms with E-state index in [-0.39, 0.29) is 5.91 Å². The molecular formula is C24H29N5O4. The highest BCUT2D eigenvalue weighted by Crippen LogP contribution is 2.24. The second kappa shape index (κ2) is 9.09. The number of methoxy groups -OCH3 is 1. The van der Waals surface area contributed by atoms with Gasteiger partial charge in [-0.2, -0.15) is 5.10 Å². The first-order chi connectivity index (χ1) is 15.7. The zero-order valence-corrected chi connectivity index (χ0v) is 19.4. The SMILES string of the molecule is COc1cccc(-c2ccc3nc(NC(=O)[C@H]4CCCCN4C(=O)OC(C)(C)C)cn3n2)c1. The number of carbonyl (C=O) groups is 2. The Labute approximate surface area is 192 Å². The van der Waals surface area contributed by atoms with Gasteiger partial charge in [0.1, 0.15) is 17.4 Å². The van der Waals surface area contributed by atoms with Gasteiger partial charge in [0.25, 0.3) is 0 Å². The van der Waals surface area contributed by atoms with Gasteiger partial charge in [0.2, 0.25) is 5.91 Å². The Morgan fingerprint density at radius 3 is 2.73 bits per heavy atom. The van der Waals surface area contributed by atoms with Crippen LogP contribution in [-0.4, -0.2) is 56.8 Å². The Kier molecular flexibility index (Phi) is 6.22. The molecule has 9 heteroatoms. The summed E-state index contributed by atoms with van der Waals surface area (Å²) in [5, 5.41) is 7.45. The van der Waals surface area contributed by atoms with Crippen LogP contribution < -0.4 is 10.1 Å². The van der Waals surface area contributed by atoms with Crippen molar-refractivity contribution in [1.29, 1.82) is 0 Å². The van der Waals surface area contributed by atoms with Gasteiger partial charge in [-0.3, -0.25) is 9.69 Å². The molecule has 2 amide bonds. The lowest BCUT2D eigenvalue weighted by atomic mass is 10.0. The highest BCUT2D eigenvalue weighted by atomic mass is 16.6. The van der Waals surface area contributed by atoms with Gasteiger partial charge in [-0.05, 0) is 64.3 Å². The molecule has 3 heterocycles. The van der Waals surface area contributed by atoms with E-state index in [2.05, 4.69) is 15.4 Å². The first-order valence-electron chi connectivity index (χ1n) is 11.0. The zero-order chi connectivity index (χ0) is 23.6. The summed E-state index contributed by atoms with van der Waals surface area (Å²) in [5.41, 5.74) is 1.64. The van der Waals surface area contributed by atoms with Crippen molar-refractivity contribution in [3.8, 4) is 17.0 Å². The molecular weight excluding hydrogens is 422 g/mol. The maximum atomic E-state index is 13.0. The van der Waals surface area contributed by atoms with Gasteiger partial charge < -0.3 is 14.8 Å². The molecule has 2 aromatic heterocycles. The number of amides is 2. The summed E-state index contributed by atoms with van der Waals surface area (Å²) in [6.07, 6.45) is 3.48. The van der Waals surface area contributed by atoms with E-state index in [9.17, 15) is 9.59 Å². The smallest absolute Gasteiger partial charge is 0.410 e. The standard InChI is InChI=1S/C24H29N5O4/c1-24(2,3)33-23(31)28-13-6-5-10-19(28)22(30)26-20-15-29-21(25-20)12-11-18(27-29)16-8-7-9-17(14-16)32-4/h7-9,11-12,14-15,19H,5-6,10,13H2,1-4H3,(H,26,30)/t19-/m1/s1. The summed E-state index contributed by atoms with van der Waals surface area (Å²) in [6, 6.07) is 10.7. The molecule has 0 saturated carbocycles. The summed E-state index contributed by atoms with van der Waals surface area (Å²) >= 11 is 0. The second-order valence-corrected chi connectivity index (χ2v) is 9.05. The number of piperidine rings is 1. The Bertz CT molecular complexity index is 1170. The van der Waals surface area contributed by atoms with Crippen molar-refractivity contribution in [2.75, 3.05) is 19.0 Å². The molecule has 0 radical (unpaired) electrons. The fraction of sp³-hybridized carbons (Fsp3) is 0.417. The first-order valence-corrected chi connectivity index (χ1v) is 11.0. The maximum absolute atomic E-state index is 13.0. The molecule has 1 saturated heterocycles. The third-order valence-electron chi connectivity index (χ3n) is 5.37. The molecule has 0 spiro atoms. The number of rotatable bonds is 4. The van der Waals surface area contributed by atoms with Crippen LogP contribution in [0.2, 0.25) is 0 Å². The summed E-state index contributed by atoms with van der Waals surface area (Å²) in [5.74, 6) is 0.844. The van der Waals surface area contributed by atoms with Crippen LogP contribution in [0.1, 0.15) is 40.0 Å². The highest BCUT2D eigenvalue weighted by molar-refractivity contribution is 5.96. The van der Waals surface area contributed by atoms with Gasteiger partial charge in [-0.15, -0.1) is 0 Å². The van der Waals surface area contributed by atoms with E-state index >= 15 is 0 Å². The van der Waals surface area contributed by atoms with Crippen LogP contribution in [0.3, 0.4) is 0 Å². The molecule has 1 fully saturated rings. The van der Waals surface area contributed by atoms with E-state index in [1.54, 1.807) is 17.8 Å². The summed E-state index contributed by atoms with van der Waals surface area (Å²) in [4.78, 5) is 31.6. The molecule has 1 aromatic carbocycles. The average molecular weight is 452 g/mol. The molecule has 0 unspecified atom stereocenters. The first kappa shape index (κ1) is 22.6. The van der Waals surface area contributed by atoms with Gasteiger partial charge in [-0.1, -0.05) is 12.1 Å². The number of fused-ring (bicyclic) bond motifs is 1. The summed E-state index contributed by atoms with van der Waals surface area (Å²) in [7, 11) is 1.62. The van der Waals surface area contributed by atoms with Crippen LogP contribution in [0.15, 0.2) is 42.6 Å². The third-order valence-corrected chi connectivity index (χ3v) is 5.37. The largest absolute Gasteiger partial charge is 0.497 e. The molecule has 33 heavy (non-hydrogen) atoms. The topological polar surface area (TPSA) is 98.1 Å². The Hall–Kier alpha value is -3.62. The number of likely N-dealkylation sites (tertiary alicyclic amines) is 1. The van der Waals surface area contributed by atoms with Gasteiger partial charge in [0.05, 0.1) is 19.0 Å². The number of carbonyl (C=O) groups excluding carboxylic acids is 2. The van der Waals surface area contributed by atoms with Crippen molar-refractivity contribution >= 4 is 23.5 Å². The van der Waals surface area contributed by atoms with Crippen LogP contribution in [0, 0.1) is 0 Å². The number of nitrogens with one attached hydrogen (secondary N) is 1. The van der Waals surface area contributed by atoms with Crippen molar-refractivity contribution < 1.29 is 19.1 Å². The number of anilines is 1.